The number of hydrogen-bond donors (Lipinski definition) is 0. The van der Waals surface area contributed by atoms with Crippen LogP contribution < -0.4 is 0 Å². The number of aromatic nitrogens is 2. The molecule has 1 aromatic heterocycles. The smallest absolute Gasteiger partial charge is 0.242 e. The maximum atomic E-state index is 13.0. The van der Waals surface area contributed by atoms with E-state index in [2.05, 4.69) is 21.7 Å². The second kappa shape index (κ2) is 5.60. The lowest BCUT2D eigenvalue weighted by Gasteiger charge is -2.46. The van der Waals surface area contributed by atoms with Crippen molar-refractivity contribution in [3.63, 3.8) is 0 Å². The number of hydrogen-bond acceptors (Lipinski definition) is 3. The second-order valence-corrected chi connectivity index (χ2v) is 7.89. The summed E-state index contributed by atoms with van der Waals surface area (Å²) in [6.07, 6.45) is 10.7. The summed E-state index contributed by atoms with van der Waals surface area (Å²) >= 11 is 0. The Morgan fingerprint density at radius 2 is 2.00 bits per heavy atom. The van der Waals surface area contributed by atoms with Gasteiger partial charge in [0, 0.05) is 43.4 Å². The van der Waals surface area contributed by atoms with Crippen LogP contribution in [-0.2, 0) is 16.1 Å². The van der Waals surface area contributed by atoms with E-state index in [1.165, 1.54) is 0 Å². The summed E-state index contributed by atoms with van der Waals surface area (Å²) in [6, 6.07) is 0.721. The summed E-state index contributed by atoms with van der Waals surface area (Å²) in [5.41, 5.74) is 0.0374. The SMILES string of the molecule is CC(=O)N1[C@@H]2CN(C(=O)Cn3ccnc3)[C@@H]3CCCC[C@H]1[C@]3(C)C2. The van der Waals surface area contributed by atoms with Gasteiger partial charge in [-0.1, -0.05) is 19.8 Å². The largest absolute Gasteiger partial charge is 0.335 e. The first-order valence-corrected chi connectivity index (χ1v) is 9.05. The molecule has 3 aliphatic rings. The molecule has 2 saturated heterocycles. The normalized spacial score (nSPS) is 35.0. The van der Waals surface area contributed by atoms with Gasteiger partial charge in [0.25, 0.3) is 0 Å². The van der Waals surface area contributed by atoms with Crippen LogP contribution in [0.4, 0.5) is 0 Å². The lowest BCUT2D eigenvalue weighted by Crippen LogP contribution is -2.56. The Labute approximate surface area is 142 Å². The topological polar surface area (TPSA) is 58.4 Å². The molecule has 0 unspecified atom stereocenters. The molecule has 3 heterocycles. The first-order valence-electron chi connectivity index (χ1n) is 9.05. The van der Waals surface area contributed by atoms with Crippen molar-refractivity contribution >= 4 is 11.8 Å². The molecule has 1 saturated carbocycles. The Morgan fingerprint density at radius 1 is 1.25 bits per heavy atom. The maximum Gasteiger partial charge on any atom is 0.242 e. The standard InChI is InChI=1S/C18H26N4O2/c1-13(23)22-14-9-18(2)15(5-3-4-6-16(18)22)21(10-14)17(24)11-20-8-7-19-12-20/h7-8,12,14-16H,3-6,9-11H2,1-2H3/t14-,15+,16-,18+/m0/s1. The monoisotopic (exact) mass is 330 g/mol. The van der Waals surface area contributed by atoms with E-state index in [0.29, 0.717) is 19.1 Å². The fourth-order valence-corrected chi connectivity index (χ4v) is 5.54. The van der Waals surface area contributed by atoms with E-state index in [1.807, 2.05) is 10.8 Å². The van der Waals surface area contributed by atoms with Crippen LogP contribution in [0.1, 0.15) is 46.0 Å². The zero-order valence-corrected chi connectivity index (χ0v) is 14.5. The Balaban J connectivity index is 1.65. The van der Waals surface area contributed by atoms with Crippen molar-refractivity contribution in [1.29, 1.82) is 0 Å². The number of piperidine rings is 1. The van der Waals surface area contributed by atoms with Gasteiger partial charge in [0.15, 0.2) is 0 Å². The lowest BCUT2D eigenvalue weighted by atomic mass is 9.71. The van der Waals surface area contributed by atoms with E-state index in [9.17, 15) is 9.59 Å². The molecule has 4 rings (SSSR count). The molecule has 0 aromatic carbocycles. The minimum absolute atomic E-state index is 0.0374. The summed E-state index contributed by atoms with van der Waals surface area (Å²) in [4.78, 5) is 33.5. The molecule has 2 bridgehead atoms. The van der Waals surface area contributed by atoms with Gasteiger partial charge >= 0.3 is 0 Å². The molecule has 0 N–H and O–H groups in total. The van der Waals surface area contributed by atoms with Crippen molar-refractivity contribution in [2.24, 2.45) is 5.41 Å². The number of amides is 2. The number of nitrogens with zero attached hydrogens (tertiary/aromatic N) is 4. The summed E-state index contributed by atoms with van der Waals surface area (Å²) in [7, 11) is 0. The highest BCUT2D eigenvalue weighted by Gasteiger charge is 2.60. The molecule has 6 heteroatoms. The van der Waals surface area contributed by atoms with Crippen LogP contribution in [0.2, 0.25) is 0 Å². The highest BCUT2D eigenvalue weighted by atomic mass is 16.2. The van der Waals surface area contributed by atoms with Crippen LogP contribution in [-0.4, -0.2) is 55.8 Å². The number of likely N-dealkylation sites (tertiary alicyclic amines) is 2. The van der Waals surface area contributed by atoms with Gasteiger partial charge in [-0.2, -0.15) is 0 Å². The van der Waals surface area contributed by atoms with Gasteiger partial charge in [-0.25, -0.2) is 4.98 Å². The molecule has 1 aliphatic carbocycles. The van der Waals surface area contributed by atoms with E-state index in [1.54, 1.807) is 19.4 Å². The molecule has 2 aliphatic heterocycles. The quantitative estimate of drug-likeness (QED) is 0.829. The van der Waals surface area contributed by atoms with Crippen LogP contribution in [0.3, 0.4) is 0 Å². The van der Waals surface area contributed by atoms with Crippen molar-refractivity contribution < 1.29 is 9.59 Å². The third kappa shape index (κ3) is 2.26. The van der Waals surface area contributed by atoms with Gasteiger partial charge in [-0.3, -0.25) is 9.59 Å². The zero-order valence-electron chi connectivity index (χ0n) is 14.5. The lowest BCUT2D eigenvalue weighted by molar-refractivity contribution is -0.140. The van der Waals surface area contributed by atoms with E-state index >= 15 is 0 Å². The van der Waals surface area contributed by atoms with Gasteiger partial charge in [0.2, 0.25) is 11.8 Å². The van der Waals surface area contributed by atoms with Gasteiger partial charge in [0.1, 0.15) is 6.54 Å². The van der Waals surface area contributed by atoms with Gasteiger partial charge in [-0.15, -0.1) is 0 Å². The summed E-state index contributed by atoms with van der Waals surface area (Å²) in [5.74, 6) is 0.318. The fraction of sp³-hybridized carbons (Fsp3) is 0.722. The molecule has 4 atom stereocenters. The maximum absolute atomic E-state index is 13.0. The molecule has 6 nitrogen and oxygen atoms in total. The average molecular weight is 330 g/mol. The van der Waals surface area contributed by atoms with Gasteiger partial charge in [0.05, 0.1) is 12.4 Å². The van der Waals surface area contributed by atoms with Gasteiger partial charge < -0.3 is 14.4 Å². The molecule has 2 amide bonds. The molecule has 3 fully saturated rings. The third-order valence-corrected chi connectivity index (χ3v) is 6.48. The number of carbonyl (C=O) groups excluding carboxylic acids is 2. The highest BCUT2D eigenvalue weighted by Crippen LogP contribution is 2.53. The predicted molar refractivity (Wildman–Crippen MR) is 89.0 cm³/mol. The van der Waals surface area contributed by atoms with Gasteiger partial charge in [-0.05, 0) is 19.3 Å². The number of fused-ring (bicyclic) bond motifs is 1. The van der Waals surface area contributed by atoms with E-state index < -0.39 is 0 Å². The third-order valence-electron chi connectivity index (χ3n) is 6.48. The number of imidazole rings is 1. The minimum atomic E-state index is 0.0374. The first-order chi connectivity index (χ1) is 11.5. The van der Waals surface area contributed by atoms with E-state index in [0.717, 1.165) is 32.1 Å². The zero-order chi connectivity index (χ0) is 16.9. The fourth-order valence-electron chi connectivity index (χ4n) is 5.54. The average Bonchev–Trinajstić information content (AvgIpc) is 3.07. The number of carbonyl (C=O) groups is 2. The predicted octanol–water partition coefficient (Wildman–Crippen LogP) is 1.66. The molecule has 24 heavy (non-hydrogen) atoms. The summed E-state index contributed by atoms with van der Waals surface area (Å²) < 4.78 is 1.83. The molecule has 130 valence electrons. The van der Waals surface area contributed by atoms with E-state index in [-0.39, 0.29) is 29.3 Å². The Morgan fingerprint density at radius 3 is 2.67 bits per heavy atom. The van der Waals surface area contributed by atoms with Crippen molar-refractivity contribution in [2.75, 3.05) is 6.54 Å². The van der Waals surface area contributed by atoms with Crippen molar-refractivity contribution in [3.8, 4) is 0 Å². The van der Waals surface area contributed by atoms with Crippen LogP contribution in [0.5, 0.6) is 0 Å². The highest BCUT2D eigenvalue weighted by molar-refractivity contribution is 5.78. The van der Waals surface area contributed by atoms with Crippen LogP contribution >= 0.6 is 0 Å². The van der Waals surface area contributed by atoms with E-state index in [4.69, 9.17) is 0 Å². The summed E-state index contributed by atoms with van der Waals surface area (Å²) in [5, 5.41) is 0. The molecular formula is C18H26N4O2. The van der Waals surface area contributed by atoms with Crippen molar-refractivity contribution in [3.05, 3.63) is 18.7 Å². The van der Waals surface area contributed by atoms with Crippen molar-refractivity contribution in [2.45, 2.75) is 70.6 Å². The molecular weight excluding hydrogens is 304 g/mol. The summed E-state index contributed by atoms with van der Waals surface area (Å²) in [6.45, 7) is 5.01. The minimum Gasteiger partial charge on any atom is -0.335 e. The first kappa shape index (κ1) is 15.7. The second-order valence-electron chi connectivity index (χ2n) is 7.89. The Kier molecular flexibility index (Phi) is 3.66. The molecule has 1 aromatic rings. The Bertz CT molecular complexity index is 643. The van der Waals surface area contributed by atoms with Crippen LogP contribution in [0, 0.1) is 5.41 Å². The van der Waals surface area contributed by atoms with Crippen LogP contribution in [0.15, 0.2) is 18.7 Å². The number of rotatable bonds is 2. The molecule has 0 radical (unpaired) electrons. The van der Waals surface area contributed by atoms with Crippen molar-refractivity contribution in [1.82, 2.24) is 19.4 Å². The Hall–Kier alpha value is -1.85. The molecule has 0 spiro atoms. The van der Waals surface area contributed by atoms with Crippen LogP contribution in [0.25, 0.3) is 0 Å².